The first-order valence-electron chi connectivity index (χ1n) is 10.9. The second-order valence-electron chi connectivity index (χ2n) is 8.98. The number of fused-ring (bicyclic) bond motifs is 4. The van der Waals surface area contributed by atoms with Gasteiger partial charge in [-0.3, -0.25) is 0 Å². The number of aromatic nitrogens is 2. The van der Waals surface area contributed by atoms with Crippen LogP contribution in [0.1, 0.15) is 37.7 Å². The Kier molecular flexibility index (Phi) is 4.49. The molecule has 1 spiro atoms. The number of ether oxygens (including phenoxy) is 2. The predicted molar refractivity (Wildman–Crippen MR) is 117 cm³/mol. The van der Waals surface area contributed by atoms with Crippen molar-refractivity contribution in [3.8, 4) is 16.9 Å². The Balaban J connectivity index is 1.38. The van der Waals surface area contributed by atoms with Gasteiger partial charge in [0.25, 0.3) is 0 Å². The Hall–Kier alpha value is -2.12. The summed E-state index contributed by atoms with van der Waals surface area (Å²) in [6.45, 7) is 0.908. The highest BCUT2D eigenvalue weighted by atomic mass is 32.2. The second kappa shape index (κ2) is 7.24. The second-order valence-corrected chi connectivity index (χ2v) is 9.97. The van der Waals surface area contributed by atoms with Crippen LogP contribution in [-0.2, 0) is 10.3 Å². The zero-order chi connectivity index (χ0) is 20.1. The molecule has 4 aliphatic rings. The average molecular weight is 423 g/mol. The van der Waals surface area contributed by atoms with Crippen molar-refractivity contribution in [2.24, 2.45) is 22.6 Å². The number of thioether (sulfide) groups is 1. The Morgan fingerprint density at radius 2 is 2.00 bits per heavy atom. The first-order chi connectivity index (χ1) is 14.7. The van der Waals surface area contributed by atoms with Gasteiger partial charge in [0.05, 0.1) is 6.10 Å². The minimum Gasteiger partial charge on any atom is -0.490 e. The molecule has 1 aromatic heterocycles. The number of hydrogen-bond donors (Lipinski definition) is 1. The molecule has 4 atom stereocenters. The molecule has 156 valence electrons. The van der Waals surface area contributed by atoms with E-state index in [1.165, 1.54) is 12.8 Å². The van der Waals surface area contributed by atoms with E-state index in [0.29, 0.717) is 11.3 Å². The fourth-order valence-electron chi connectivity index (χ4n) is 5.19. The Morgan fingerprint density at radius 1 is 1.13 bits per heavy atom. The summed E-state index contributed by atoms with van der Waals surface area (Å²) in [5.74, 6) is 2.86. The fourth-order valence-corrected chi connectivity index (χ4v) is 6.22. The molecule has 0 saturated heterocycles. The van der Waals surface area contributed by atoms with Crippen LogP contribution in [0.5, 0.6) is 5.75 Å². The molecule has 1 aromatic carbocycles. The largest absolute Gasteiger partial charge is 0.490 e. The third kappa shape index (κ3) is 3.19. The van der Waals surface area contributed by atoms with Crippen LogP contribution in [0.25, 0.3) is 11.1 Å². The van der Waals surface area contributed by atoms with E-state index in [0.717, 1.165) is 60.0 Å². The van der Waals surface area contributed by atoms with E-state index >= 15 is 0 Å². The van der Waals surface area contributed by atoms with E-state index in [2.05, 4.69) is 28.2 Å². The molecule has 2 aromatic rings. The van der Waals surface area contributed by atoms with Gasteiger partial charge in [-0.25, -0.2) is 15.0 Å². The standard InChI is InChI=1S/C23H26N4O2S/c24-22-27-23(12-30-22)18-7-15(16-9-25-13-26-10-16)3-5-20(18)29-21-6-4-17(8-19(21)23)28-11-14-1-2-14/h3,5,7,9-10,13-14,17,19,21H,1-2,4,6,8,11-12H2,(H2,24,27)/t17-,19+,21+,23+/m1/s1. The van der Waals surface area contributed by atoms with Crippen molar-refractivity contribution in [1.29, 1.82) is 0 Å². The minimum absolute atomic E-state index is 0.166. The molecule has 30 heavy (non-hydrogen) atoms. The van der Waals surface area contributed by atoms with E-state index in [9.17, 15) is 0 Å². The van der Waals surface area contributed by atoms with E-state index in [4.69, 9.17) is 20.2 Å². The zero-order valence-electron chi connectivity index (χ0n) is 16.9. The molecule has 3 heterocycles. The third-order valence-electron chi connectivity index (χ3n) is 6.98. The van der Waals surface area contributed by atoms with Gasteiger partial charge in [0.1, 0.15) is 23.7 Å². The Morgan fingerprint density at radius 3 is 2.77 bits per heavy atom. The van der Waals surface area contributed by atoms with Crippen molar-refractivity contribution in [3.05, 3.63) is 42.5 Å². The number of rotatable bonds is 4. The molecule has 6 rings (SSSR count). The van der Waals surface area contributed by atoms with Gasteiger partial charge >= 0.3 is 0 Å². The summed E-state index contributed by atoms with van der Waals surface area (Å²) in [5, 5.41) is 0.677. The van der Waals surface area contributed by atoms with Gasteiger partial charge in [0.2, 0.25) is 0 Å². The van der Waals surface area contributed by atoms with Gasteiger partial charge < -0.3 is 15.2 Å². The number of hydrogen-bond acceptors (Lipinski definition) is 7. The van der Waals surface area contributed by atoms with E-state index < -0.39 is 0 Å². The molecule has 0 amide bonds. The lowest BCUT2D eigenvalue weighted by atomic mass is 9.67. The topological polar surface area (TPSA) is 82.6 Å². The Labute approximate surface area is 180 Å². The highest BCUT2D eigenvalue weighted by Gasteiger charge is 2.54. The summed E-state index contributed by atoms with van der Waals surface area (Å²) in [4.78, 5) is 13.4. The van der Waals surface area contributed by atoms with Gasteiger partial charge in [-0.15, -0.1) is 0 Å². The highest BCUT2D eigenvalue weighted by Crippen LogP contribution is 2.55. The van der Waals surface area contributed by atoms with Crippen LogP contribution in [0.4, 0.5) is 0 Å². The molecular weight excluding hydrogens is 396 g/mol. The molecule has 7 heteroatoms. The first-order valence-corrected chi connectivity index (χ1v) is 11.9. The average Bonchev–Trinajstić information content (AvgIpc) is 3.54. The summed E-state index contributed by atoms with van der Waals surface area (Å²) in [6, 6.07) is 6.38. The maximum absolute atomic E-state index is 6.53. The molecule has 0 bridgehead atoms. The minimum atomic E-state index is -0.347. The fraction of sp³-hybridized carbons (Fsp3) is 0.522. The highest BCUT2D eigenvalue weighted by molar-refractivity contribution is 8.14. The van der Waals surface area contributed by atoms with Crippen LogP contribution in [0.15, 0.2) is 41.9 Å². The van der Waals surface area contributed by atoms with Crippen LogP contribution in [0.3, 0.4) is 0 Å². The van der Waals surface area contributed by atoms with Gasteiger partial charge in [0.15, 0.2) is 5.17 Å². The van der Waals surface area contributed by atoms with Crippen molar-refractivity contribution >= 4 is 16.9 Å². The third-order valence-corrected chi connectivity index (χ3v) is 7.96. The molecule has 2 aliphatic heterocycles. The summed E-state index contributed by atoms with van der Waals surface area (Å²) in [7, 11) is 0. The number of benzene rings is 1. The molecule has 2 aliphatic carbocycles. The van der Waals surface area contributed by atoms with Gasteiger partial charge in [-0.1, -0.05) is 17.8 Å². The van der Waals surface area contributed by atoms with Crippen LogP contribution < -0.4 is 10.5 Å². The summed E-state index contributed by atoms with van der Waals surface area (Å²) in [6.07, 6.45) is 11.4. The molecule has 6 nitrogen and oxygen atoms in total. The van der Waals surface area contributed by atoms with Crippen LogP contribution >= 0.6 is 11.8 Å². The maximum Gasteiger partial charge on any atom is 0.154 e. The molecule has 0 unspecified atom stereocenters. The van der Waals surface area contributed by atoms with E-state index in [1.54, 1.807) is 18.1 Å². The number of amidine groups is 1. The normalized spacial score (nSPS) is 32.3. The number of aliphatic imine (C=N–C) groups is 1. The van der Waals surface area contributed by atoms with E-state index in [-0.39, 0.29) is 17.6 Å². The van der Waals surface area contributed by atoms with Gasteiger partial charge in [-0.2, -0.15) is 0 Å². The molecule has 0 radical (unpaired) electrons. The van der Waals surface area contributed by atoms with Crippen molar-refractivity contribution in [1.82, 2.24) is 9.97 Å². The quantitative estimate of drug-likeness (QED) is 0.808. The first kappa shape index (κ1) is 18.6. The zero-order valence-corrected chi connectivity index (χ0v) is 17.7. The van der Waals surface area contributed by atoms with Gasteiger partial charge in [0, 0.05) is 41.8 Å². The molecule has 2 N–H and O–H groups in total. The molecular formula is C23H26N4O2S. The van der Waals surface area contributed by atoms with Crippen molar-refractivity contribution in [2.75, 3.05) is 12.4 Å². The summed E-state index contributed by atoms with van der Waals surface area (Å²) >= 11 is 1.66. The Bertz CT molecular complexity index is 980. The predicted octanol–water partition coefficient (Wildman–Crippen LogP) is 3.76. The maximum atomic E-state index is 6.53. The van der Waals surface area contributed by atoms with Crippen LogP contribution in [-0.4, -0.2) is 39.7 Å². The lowest BCUT2D eigenvalue weighted by Gasteiger charge is -2.48. The lowest BCUT2D eigenvalue weighted by Crippen LogP contribution is -2.51. The van der Waals surface area contributed by atoms with E-state index in [1.807, 2.05) is 12.4 Å². The number of nitrogens with zero attached hydrogens (tertiary/aromatic N) is 3. The monoisotopic (exact) mass is 422 g/mol. The SMILES string of the molecule is NC1=N[C@@]2(CS1)c1cc(-c3cncnc3)ccc1O[C@H]1CC[C@@H](OCC3CC3)C[C@@H]12. The lowest BCUT2D eigenvalue weighted by molar-refractivity contribution is -0.0564. The van der Waals surface area contributed by atoms with Crippen molar-refractivity contribution < 1.29 is 9.47 Å². The van der Waals surface area contributed by atoms with Crippen LogP contribution in [0, 0.1) is 11.8 Å². The summed E-state index contributed by atoms with van der Waals surface area (Å²) in [5.41, 5.74) is 9.10. The number of nitrogens with two attached hydrogens (primary N) is 1. The van der Waals surface area contributed by atoms with Crippen molar-refractivity contribution in [2.45, 2.75) is 49.9 Å². The van der Waals surface area contributed by atoms with Crippen molar-refractivity contribution in [3.63, 3.8) is 0 Å². The summed E-state index contributed by atoms with van der Waals surface area (Å²) < 4.78 is 12.8. The smallest absolute Gasteiger partial charge is 0.154 e. The molecule has 2 fully saturated rings. The molecule has 2 saturated carbocycles. The van der Waals surface area contributed by atoms with Gasteiger partial charge in [-0.05, 0) is 55.7 Å². The van der Waals surface area contributed by atoms with Crippen LogP contribution in [0.2, 0.25) is 0 Å².